The Hall–Kier alpha value is -4.72. The molecule has 0 fully saturated rings. The predicted molar refractivity (Wildman–Crippen MR) is 252 cm³/mol. The van der Waals surface area contributed by atoms with Gasteiger partial charge in [0.2, 0.25) is 0 Å². The zero-order chi connectivity index (χ0) is 38.6. The molecule has 0 bridgehead atoms. The van der Waals surface area contributed by atoms with Gasteiger partial charge in [-0.3, -0.25) is 0 Å². The number of anilines is 3. The molecule has 2 unspecified atom stereocenters. The Balaban J connectivity index is 1.52. The highest BCUT2D eigenvalue weighted by atomic mass is 32.1. The molecule has 278 valence electrons. The van der Waals surface area contributed by atoms with E-state index in [1.165, 1.54) is 116 Å². The van der Waals surface area contributed by atoms with Crippen molar-refractivity contribution in [3.05, 3.63) is 147 Å². The number of benzene rings is 6. The summed E-state index contributed by atoms with van der Waals surface area (Å²) in [5.74, 6) is 0.898. The first-order chi connectivity index (χ1) is 27.2. The number of fused-ring (bicyclic) bond motifs is 7. The summed E-state index contributed by atoms with van der Waals surface area (Å²) in [5.41, 5.74) is 15.9. The largest absolute Gasteiger partial charge is 0.308 e. The Kier molecular flexibility index (Phi) is 8.57. The van der Waals surface area contributed by atoms with E-state index in [1.54, 1.807) is 0 Å². The number of aryl methyl sites for hydroxylation is 2. The Labute approximate surface area is 344 Å². The number of rotatable bonds is 4. The molecule has 10 rings (SSSR count). The number of aromatic nitrogens is 1. The quantitative estimate of drug-likeness (QED) is 0.161. The minimum Gasteiger partial charge on any atom is -0.308 e. The van der Waals surface area contributed by atoms with Crippen molar-refractivity contribution in [2.24, 2.45) is 5.92 Å². The Morgan fingerprint density at radius 3 is 1.48 bits per heavy atom. The van der Waals surface area contributed by atoms with Crippen LogP contribution in [-0.2, 0) is 0 Å². The second-order valence-corrected chi connectivity index (χ2v) is 19.6. The zero-order valence-corrected chi connectivity index (χ0v) is 36.3. The van der Waals surface area contributed by atoms with Gasteiger partial charge in [0.05, 0.1) is 41.2 Å². The Bertz CT molecular complexity index is 3030. The van der Waals surface area contributed by atoms with Crippen LogP contribution in [0.5, 0.6) is 0 Å². The number of nitrogens with zero attached hydrogens (tertiary/aromatic N) is 2. The minimum atomic E-state index is 0.417. The molecule has 3 heterocycles. The van der Waals surface area contributed by atoms with Crippen molar-refractivity contribution in [2.45, 2.75) is 61.3 Å². The Morgan fingerprint density at radius 1 is 0.464 bits per heavy atom. The molecule has 0 saturated heterocycles. The van der Waals surface area contributed by atoms with Crippen LogP contribution in [0.15, 0.2) is 115 Å². The molecule has 6 aromatic carbocycles. The molecule has 1 aliphatic rings. The van der Waals surface area contributed by atoms with Gasteiger partial charge in [-0.25, -0.2) is 0 Å². The highest BCUT2D eigenvalue weighted by Gasteiger charge is 2.33. The van der Waals surface area contributed by atoms with Gasteiger partial charge < -0.3 is 9.47 Å². The van der Waals surface area contributed by atoms with Crippen molar-refractivity contribution in [3.63, 3.8) is 0 Å². The van der Waals surface area contributed by atoms with Gasteiger partial charge in [-0.15, -0.1) is 45.3 Å². The smallest absolute Gasteiger partial charge is 0.0838 e. The number of para-hydroxylation sites is 4. The van der Waals surface area contributed by atoms with Crippen LogP contribution in [0, 0.1) is 33.6 Å². The van der Waals surface area contributed by atoms with Crippen LogP contribution in [-0.4, -0.2) is 4.57 Å². The number of allylic oxidation sites excluding steroid dienone is 2. The third-order valence-corrected chi connectivity index (χ3v) is 18.6. The van der Waals surface area contributed by atoms with Crippen LogP contribution in [0.4, 0.5) is 17.1 Å². The molecule has 0 saturated carbocycles. The normalized spacial score (nSPS) is 15.8. The van der Waals surface area contributed by atoms with Crippen molar-refractivity contribution in [1.29, 1.82) is 0 Å². The molecule has 0 radical (unpaired) electrons. The lowest BCUT2D eigenvalue weighted by Crippen LogP contribution is -2.15. The first-order valence-corrected chi connectivity index (χ1v) is 22.8. The number of hydrogen-bond acceptors (Lipinski definition) is 5. The van der Waals surface area contributed by atoms with E-state index in [9.17, 15) is 0 Å². The van der Waals surface area contributed by atoms with Crippen molar-refractivity contribution in [3.8, 4) is 5.69 Å². The first kappa shape index (κ1) is 35.7. The SMILES string of the molecule is CC1=C(C)C(C)C(C)c2sc3c(N(c4ccccc4)c4ccccc4)c4sc5c(C)c(C)c(C)c(C)c5sc4c(-n4c5ccccc5c5ccccc54)c3sc21. The molecule has 1 aliphatic carbocycles. The summed E-state index contributed by atoms with van der Waals surface area (Å²) >= 11 is 8.05. The fraction of sp³-hybridized carbons (Fsp3) is 0.200. The van der Waals surface area contributed by atoms with Gasteiger partial charge in [0.15, 0.2) is 0 Å². The summed E-state index contributed by atoms with van der Waals surface area (Å²) in [6, 6.07) is 40.1. The summed E-state index contributed by atoms with van der Waals surface area (Å²) in [6.45, 7) is 18.9. The van der Waals surface area contributed by atoms with Crippen LogP contribution < -0.4 is 4.90 Å². The summed E-state index contributed by atoms with van der Waals surface area (Å²) in [5, 5.41) is 2.58. The maximum absolute atomic E-state index is 2.61. The van der Waals surface area contributed by atoms with Crippen LogP contribution in [0.2, 0.25) is 0 Å². The molecule has 0 N–H and O–H groups in total. The zero-order valence-electron chi connectivity index (χ0n) is 33.1. The van der Waals surface area contributed by atoms with Crippen LogP contribution in [0.1, 0.15) is 65.6 Å². The van der Waals surface area contributed by atoms with E-state index in [-0.39, 0.29) is 0 Å². The van der Waals surface area contributed by atoms with Crippen LogP contribution in [0.3, 0.4) is 0 Å². The topological polar surface area (TPSA) is 8.17 Å². The van der Waals surface area contributed by atoms with E-state index < -0.39 is 0 Å². The Morgan fingerprint density at radius 2 is 0.929 bits per heavy atom. The average Bonchev–Trinajstić information content (AvgIpc) is 3.57. The monoisotopic (exact) mass is 800 g/mol. The van der Waals surface area contributed by atoms with Crippen molar-refractivity contribution < 1.29 is 0 Å². The van der Waals surface area contributed by atoms with E-state index in [2.05, 4.69) is 174 Å². The average molecular weight is 801 g/mol. The third-order valence-electron chi connectivity index (χ3n) is 12.7. The molecular weight excluding hydrogens is 757 g/mol. The van der Waals surface area contributed by atoms with Crippen molar-refractivity contribution >= 4 is 118 Å². The van der Waals surface area contributed by atoms with Crippen LogP contribution in [0.25, 0.3) is 61.3 Å². The number of hydrogen-bond donors (Lipinski definition) is 0. The van der Waals surface area contributed by atoms with Gasteiger partial charge in [-0.1, -0.05) is 92.2 Å². The standard InChI is InChI=1S/C50H44N2S4/c1-27-29(3)33(7)45-43(31(27)5)53-47-41(51(35-19-11-9-12-20-35)36-21-13-10-14-22-36)48-50(56-46-34(8)30(4)28(2)32(6)44(46)54-48)42(49(47)55-45)52-39-25-17-15-23-37(39)38-24-16-18-26-40(38)52/h9-27,31H,1-8H3. The van der Waals surface area contributed by atoms with Gasteiger partial charge in [-0.05, 0) is 118 Å². The second kappa shape index (κ2) is 13.5. The molecule has 2 atom stereocenters. The van der Waals surface area contributed by atoms with Gasteiger partial charge in [0.1, 0.15) is 0 Å². The van der Waals surface area contributed by atoms with Gasteiger partial charge in [0, 0.05) is 41.3 Å². The fourth-order valence-electron chi connectivity index (χ4n) is 8.83. The van der Waals surface area contributed by atoms with Gasteiger partial charge in [-0.2, -0.15) is 0 Å². The molecular formula is C50H44N2S4. The van der Waals surface area contributed by atoms with Crippen LogP contribution >= 0.6 is 45.3 Å². The maximum Gasteiger partial charge on any atom is 0.0838 e. The highest BCUT2D eigenvalue weighted by molar-refractivity contribution is 7.38. The first-order valence-electron chi connectivity index (χ1n) is 19.5. The maximum atomic E-state index is 2.61. The molecule has 0 amide bonds. The molecule has 3 aromatic heterocycles. The third kappa shape index (κ3) is 5.15. The van der Waals surface area contributed by atoms with E-state index >= 15 is 0 Å². The van der Waals surface area contributed by atoms with Crippen molar-refractivity contribution in [1.82, 2.24) is 4.57 Å². The van der Waals surface area contributed by atoms with E-state index in [0.717, 1.165) is 0 Å². The van der Waals surface area contributed by atoms with E-state index in [4.69, 9.17) is 0 Å². The molecule has 2 nitrogen and oxygen atoms in total. The summed E-state index contributed by atoms with van der Waals surface area (Å²) in [6.07, 6.45) is 0. The molecule has 6 heteroatoms. The highest BCUT2D eigenvalue weighted by Crippen LogP contribution is 2.58. The lowest BCUT2D eigenvalue weighted by atomic mass is 9.81. The molecule has 0 spiro atoms. The lowest BCUT2D eigenvalue weighted by molar-refractivity contribution is 0.561. The van der Waals surface area contributed by atoms with Crippen molar-refractivity contribution in [2.75, 3.05) is 4.90 Å². The predicted octanol–water partition coefficient (Wildman–Crippen LogP) is 16.9. The second-order valence-electron chi connectivity index (χ2n) is 15.5. The molecule has 9 aromatic rings. The summed E-state index contributed by atoms with van der Waals surface area (Å²) in [4.78, 5) is 5.50. The summed E-state index contributed by atoms with van der Waals surface area (Å²) < 4.78 is 10.7. The fourth-order valence-corrected chi connectivity index (χ4v) is 15.1. The van der Waals surface area contributed by atoms with Gasteiger partial charge >= 0.3 is 0 Å². The van der Waals surface area contributed by atoms with Gasteiger partial charge in [0.25, 0.3) is 0 Å². The summed E-state index contributed by atoms with van der Waals surface area (Å²) in [7, 11) is 0. The van der Waals surface area contributed by atoms with E-state index in [0.29, 0.717) is 11.8 Å². The molecule has 0 aliphatic heterocycles. The molecule has 56 heavy (non-hydrogen) atoms. The van der Waals surface area contributed by atoms with E-state index in [1.807, 2.05) is 45.3 Å². The lowest BCUT2D eigenvalue weighted by Gasteiger charge is -2.33. The minimum absolute atomic E-state index is 0.417.